The molecule has 19 heavy (non-hydrogen) atoms. The summed E-state index contributed by atoms with van der Waals surface area (Å²) < 4.78 is 5.25. The molecule has 0 spiro atoms. The molecule has 2 N–H and O–H groups in total. The lowest BCUT2D eigenvalue weighted by atomic mass is 9.92. The lowest BCUT2D eigenvalue weighted by Crippen LogP contribution is -2.41. The SMILES string of the molecule is CC(C)(C)OC(=O)NC1CC(C(=O)O)C2CCCC12. The molecule has 2 aliphatic carbocycles. The number of nitrogens with one attached hydrogen (secondary N) is 1. The van der Waals surface area contributed by atoms with E-state index in [0.29, 0.717) is 12.3 Å². The predicted octanol–water partition coefficient (Wildman–Crippen LogP) is 2.40. The van der Waals surface area contributed by atoms with Crippen molar-refractivity contribution in [3.05, 3.63) is 0 Å². The van der Waals surface area contributed by atoms with Gasteiger partial charge in [0, 0.05) is 6.04 Å². The molecule has 2 rings (SSSR count). The number of alkyl carbamates (subject to hydrolysis) is 1. The van der Waals surface area contributed by atoms with Gasteiger partial charge in [-0.2, -0.15) is 0 Å². The van der Waals surface area contributed by atoms with E-state index in [0.717, 1.165) is 19.3 Å². The largest absolute Gasteiger partial charge is 0.481 e. The molecule has 0 saturated heterocycles. The van der Waals surface area contributed by atoms with Crippen LogP contribution in [0.1, 0.15) is 46.5 Å². The average Bonchev–Trinajstić information content (AvgIpc) is 2.78. The zero-order valence-electron chi connectivity index (χ0n) is 11.8. The van der Waals surface area contributed by atoms with Gasteiger partial charge in [-0.3, -0.25) is 4.79 Å². The molecule has 0 aromatic rings. The lowest BCUT2D eigenvalue weighted by molar-refractivity contribution is -0.143. The van der Waals surface area contributed by atoms with E-state index in [-0.39, 0.29) is 17.9 Å². The molecule has 108 valence electrons. The van der Waals surface area contributed by atoms with Gasteiger partial charge in [0.25, 0.3) is 0 Å². The van der Waals surface area contributed by atoms with Crippen molar-refractivity contribution in [3.63, 3.8) is 0 Å². The van der Waals surface area contributed by atoms with Crippen molar-refractivity contribution >= 4 is 12.1 Å². The average molecular weight is 269 g/mol. The molecule has 0 heterocycles. The summed E-state index contributed by atoms with van der Waals surface area (Å²) in [4.78, 5) is 23.1. The second kappa shape index (κ2) is 5.02. The molecule has 0 aliphatic heterocycles. The van der Waals surface area contributed by atoms with E-state index in [4.69, 9.17) is 4.74 Å². The van der Waals surface area contributed by atoms with Gasteiger partial charge in [0.1, 0.15) is 5.60 Å². The van der Waals surface area contributed by atoms with Gasteiger partial charge in [0.2, 0.25) is 0 Å². The molecule has 0 aromatic heterocycles. The number of aliphatic carboxylic acids is 1. The van der Waals surface area contributed by atoms with E-state index in [1.807, 2.05) is 20.8 Å². The summed E-state index contributed by atoms with van der Waals surface area (Å²) in [7, 11) is 0. The van der Waals surface area contributed by atoms with Gasteiger partial charge in [-0.15, -0.1) is 0 Å². The van der Waals surface area contributed by atoms with Crippen LogP contribution in [0.25, 0.3) is 0 Å². The third-order valence-electron chi connectivity index (χ3n) is 4.19. The standard InChI is InChI=1S/C14H23NO4/c1-14(2,3)19-13(18)15-11-7-10(12(16)17)8-5-4-6-9(8)11/h8-11H,4-7H2,1-3H3,(H,15,18)(H,16,17). The highest BCUT2D eigenvalue weighted by Crippen LogP contribution is 2.47. The summed E-state index contributed by atoms with van der Waals surface area (Å²) in [5.41, 5.74) is -0.524. The fourth-order valence-electron chi connectivity index (χ4n) is 3.55. The highest BCUT2D eigenvalue weighted by atomic mass is 16.6. The Morgan fingerprint density at radius 3 is 2.42 bits per heavy atom. The maximum atomic E-state index is 11.8. The predicted molar refractivity (Wildman–Crippen MR) is 69.7 cm³/mol. The van der Waals surface area contributed by atoms with Gasteiger partial charge < -0.3 is 15.2 Å². The Balaban J connectivity index is 1.97. The smallest absolute Gasteiger partial charge is 0.407 e. The van der Waals surface area contributed by atoms with Crippen LogP contribution in [0, 0.1) is 17.8 Å². The summed E-state index contributed by atoms with van der Waals surface area (Å²) in [6, 6.07) is -0.0524. The van der Waals surface area contributed by atoms with E-state index >= 15 is 0 Å². The highest BCUT2D eigenvalue weighted by molar-refractivity contribution is 5.72. The number of hydrogen-bond acceptors (Lipinski definition) is 3. The van der Waals surface area contributed by atoms with Crippen LogP contribution in [0.4, 0.5) is 4.79 Å². The molecule has 4 unspecified atom stereocenters. The molecule has 2 fully saturated rings. The summed E-state index contributed by atoms with van der Waals surface area (Å²) in [6.07, 6.45) is 3.13. The Labute approximate surface area is 113 Å². The summed E-state index contributed by atoms with van der Waals surface area (Å²) >= 11 is 0. The van der Waals surface area contributed by atoms with E-state index in [1.54, 1.807) is 0 Å². The van der Waals surface area contributed by atoms with Crippen molar-refractivity contribution in [1.82, 2.24) is 5.32 Å². The number of fused-ring (bicyclic) bond motifs is 1. The minimum absolute atomic E-state index is 0.0524. The Morgan fingerprint density at radius 1 is 1.21 bits per heavy atom. The van der Waals surface area contributed by atoms with Gasteiger partial charge in [0.05, 0.1) is 5.92 Å². The number of rotatable bonds is 2. The fourth-order valence-corrected chi connectivity index (χ4v) is 3.55. The second-order valence-corrected chi connectivity index (χ2v) is 6.69. The Kier molecular flexibility index (Phi) is 3.74. The first-order valence-corrected chi connectivity index (χ1v) is 7.00. The number of carboxylic acids is 1. The number of carbonyl (C=O) groups is 2. The Hall–Kier alpha value is -1.26. The Bertz CT molecular complexity index is 374. The number of ether oxygens (including phenoxy) is 1. The van der Waals surface area contributed by atoms with Gasteiger partial charge in [-0.25, -0.2) is 4.79 Å². The van der Waals surface area contributed by atoms with Gasteiger partial charge >= 0.3 is 12.1 Å². The number of carbonyl (C=O) groups excluding carboxylic acids is 1. The summed E-state index contributed by atoms with van der Waals surface area (Å²) in [5.74, 6) is -0.524. The van der Waals surface area contributed by atoms with Crippen molar-refractivity contribution in [2.75, 3.05) is 0 Å². The first-order valence-electron chi connectivity index (χ1n) is 7.00. The number of amides is 1. The maximum Gasteiger partial charge on any atom is 0.407 e. The van der Waals surface area contributed by atoms with Gasteiger partial charge in [-0.1, -0.05) is 6.42 Å². The first kappa shape index (κ1) is 14.2. The minimum Gasteiger partial charge on any atom is -0.481 e. The highest BCUT2D eigenvalue weighted by Gasteiger charge is 2.49. The van der Waals surface area contributed by atoms with E-state index in [1.165, 1.54) is 0 Å². The molecule has 5 nitrogen and oxygen atoms in total. The maximum absolute atomic E-state index is 11.8. The molecule has 0 bridgehead atoms. The Morgan fingerprint density at radius 2 is 1.84 bits per heavy atom. The van der Waals surface area contributed by atoms with Crippen LogP contribution in [0.3, 0.4) is 0 Å². The summed E-state index contributed by atoms with van der Waals surface area (Å²) in [5, 5.41) is 12.1. The zero-order valence-corrected chi connectivity index (χ0v) is 11.8. The van der Waals surface area contributed by atoms with Gasteiger partial charge in [0.15, 0.2) is 0 Å². The third-order valence-corrected chi connectivity index (χ3v) is 4.19. The minimum atomic E-state index is -0.731. The van der Waals surface area contributed by atoms with Crippen LogP contribution in [-0.2, 0) is 9.53 Å². The molecule has 1 amide bonds. The van der Waals surface area contributed by atoms with Crippen molar-refractivity contribution in [2.45, 2.75) is 58.1 Å². The second-order valence-electron chi connectivity index (χ2n) is 6.69. The van der Waals surface area contributed by atoms with Gasteiger partial charge in [-0.05, 0) is 51.9 Å². The van der Waals surface area contributed by atoms with Crippen LogP contribution < -0.4 is 5.32 Å². The molecule has 5 heteroatoms. The molecular weight excluding hydrogens is 246 g/mol. The topological polar surface area (TPSA) is 75.6 Å². The molecule has 2 saturated carbocycles. The quantitative estimate of drug-likeness (QED) is 0.807. The van der Waals surface area contributed by atoms with Crippen molar-refractivity contribution in [2.24, 2.45) is 17.8 Å². The number of hydrogen-bond donors (Lipinski definition) is 2. The van der Waals surface area contributed by atoms with Crippen LogP contribution in [0.2, 0.25) is 0 Å². The van der Waals surface area contributed by atoms with Crippen LogP contribution >= 0.6 is 0 Å². The van der Waals surface area contributed by atoms with Crippen LogP contribution in [0.5, 0.6) is 0 Å². The lowest BCUT2D eigenvalue weighted by Gasteiger charge is -2.24. The number of carboxylic acid groups (broad SMARTS) is 1. The third kappa shape index (κ3) is 3.19. The first-order chi connectivity index (χ1) is 8.78. The van der Waals surface area contributed by atoms with Crippen LogP contribution in [-0.4, -0.2) is 28.8 Å². The van der Waals surface area contributed by atoms with Crippen molar-refractivity contribution < 1.29 is 19.4 Å². The van der Waals surface area contributed by atoms with Crippen molar-refractivity contribution in [1.29, 1.82) is 0 Å². The molecular formula is C14H23NO4. The molecule has 0 aromatic carbocycles. The van der Waals surface area contributed by atoms with E-state index in [2.05, 4.69) is 5.32 Å². The van der Waals surface area contributed by atoms with E-state index < -0.39 is 17.7 Å². The van der Waals surface area contributed by atoms with Crippen LogP contribution in [0.15, 0.2) is 0 Å². The molecule has 2 aliphatic rings. The molecule has 0 radical (unpaired) electrons. The zero-order chi connectivity index (χ0) is 14.2. The monoisotopic (exact) mass is 269 g/mol. The molecule has 4 atom stereocenters. The van der Waals surface area contributed by atoms with Crippen molar-refractivity contribution in [3.8, 4) is 0 Å². The van der Waals surface area contributed by atoms with E-state index in [9.17, 15) is 14.7 Å². The summed E-state index contributed by atoms with van der Waals surface area (Å²) in [6.45, 7) is 5.46. The fraction of sp³-hybridized carbons (Fsp3) is 0.857. The normalized spacial score (nSPS) is 33.8.